The van der Waals surface area contributed by atoms with E-state index in [1.807, 2.05) is 30.3 Å². The van der Waals surface area contributed by atoms with E-state index in [0.29, 0.717) is 23.8 Å². The molecule has 0 saturated heterocycles. The van der Waals surface area contributed by atoms with E-state index in [2.05, 4.69) is 22.0 Å². The summed E-state index contributed by atoms with van der Waals surface area (Å²) in [5.74, 6) is 2.87. The fraction of sp³-hybridized carbons (Fsp3) is 0.455. The maximum absolute atomic E-state index is 5.51. The third kappa shape index (κ3) is 7.12. The summed E-state index contributed by atoms with van der Waals surface area (Å²) in [6.07, 6.45) is 0. The van der Waals surface area contributed by atoms with Crippen LogP contribution in [0.25, 0.3) is 0 Å². The van der Waals surface area contributed by atoms with Crippen molar-refractivity contribution in [2.45, 2.75) is 13.1 Å². The number of hydrogen-bond donors (Lipinski definition) is 3. The molecule has 29 heavy (non-hydrogen) atoms. The summed E-state index contributed by atoms with van der Waals surface area (Å²) in [6.45, 7) is 5.07. The topological polar surface area (TPSA) is 73.0 Å². The Balaban J connectivity index is 1.61. The molecule has 0 unspecified atom stereocenters. The van der Waals surface area contributed by atoms with Crippen molar-refractivity contribution in [3.63, 3.8) is 0 Å². The monoisotopic (exact) mass is 403 g/mol. The lowest BCUT2D eigenvalue weighted by atomic mass is 10.1. The molecule has 0 bridgehead atoms. The van der Waals surface area contributed by atoms with Gasteiger partial charge in [0.25, 0.3) is 0 Å². The predicted octanol–water partition coefficient (Wildman–Crippen LogP) is 2.19. The highest BCUT2D eigenvalue weighted by atomic mass is 16.5. The number of nitrogens with one attached hydrogen (secondary N) is 3. The number of methoxy groups -OCH3 is 4. The van der Waals surface area contributed by atoms with Gasteiger partial charge in [-0.3, -0.25) is 0 Å². The van der Waals surface area contributed by atoms with Gasteiger partial charge in [0.2, 0.25) is 5.75 Å². The highest BCUT2D eigenvalue weighted by molar-refractivity contribution is 5.55. The SMILES string of the molecule is COc1cccc(CNCCNCCNCc2ccc(OC)c(OC)c2OC)c1. The predicted molar refractivity (Wildman–Crippen MR) is 115 cm³/mol. The minimum absolute atomic E-state index is 0.620. The first-order chi connectivity index (χ1) is 14.2. The average molecular weight is 404 g/mol. The van der Waals surface area contributed by atoms with E-state index < -0.39 is 0 Å². The molecule has 0 aliphatic rings. The van der Waals surface area contributed by atoms with Crippen LogP contribution in [-0.2, 0) is 13.1 Å². The zero-order chi connectivity index (χ0) is 20.9. The lowest BCUT2D eigenvalue weighted by Gasteiger charge is -2.16. The van der Waals surface area contributed by atoms with E-state index in [1.165, 1.54) is 5.56 Å². The Morgan fingerprint density at radius 3 is 2.00 bits per heavy atom. The molecule has 0 aliphatic carbocycles. The molecular weight excluding hydrogens is 370 g/mol. The van der Waals surface area contributed by atoms with Crippen LogP contribution >= 0.6 is 0 Å². The van der Waals surface area contributed by atoms with Crippen molar-refractivity contribution in [1.82, 2.24) is 16.0 Å². The molecule has 0 spiro atoms. The smallest absolute Gasteiger partial charge is 0.203 e. The van der Waals surface area contributed by atoms with Gasteiger partial charge in [0, 0.05) is 44.8 Å². The van der Waals surface area contributed by atoms with Gasteiger partial charge >= 0.3 is 0 Å². The Hall–Kier alpha value is -2.48. The molecule has 7 nitrogen and oxygen atoms in total. The summed E-state index contributed by atoms with van der Waals surface area (Å²) in [5.41, 5.74) is 2.25. The molecule has 2 rings (SSSR count). The maximum Gasteiger partial charge on any atom is 0.203 e. The zero-order valence-corrected chi connectivity index (χ0v) is 17.8. The molecular formula is C22H33N3O4. The third-order valence-corrected chi connectivity index (χ3v) is 4.52. The van der Waals surface area contributed by atoms with Crippen LogP contribution in [0.3, 0.4) is 0 Å². The van der Waals surface area contributed by atoms with Gasteiger partial charge in [0.15, 0.2) is 11.5 Å². The molecule has 0 amide bonds. The molecule has 3 N–H and O–H groups in total. The van der Waals surface area contributed by atoms with E-state index in [-0.39, 0.29) is 0 Å². The van der Waals surface area contributed by atoms with Crippen LogP contribution in [0.2, 0.25) is 0 Å². The molecule has 0 aliphatic heterocycles. The number of benzene rings is 2. The van der Waals surface area contributed by atoms with Crippen LogP contribution in [-0.4, -0.2) is 54.6 Å². The van der Waals surface area contributed by atoms with Crippen molar-refractivity contribution in [2.24, 2.45) is 0 Å². The lowest BCUT2D eigenvalue weighted by Crippen LogP contribution is -2.32. The van der Waals surface area contributed by atoms with Crippen molar-refractivity contribution in [2.75, 3.05) is 54.6 Å². The number of rotatable bonds is 14. The highest BCUT2D eigenvalue weighted by Gasteiger charge is 2.15. The Labute approximate surface area is 173 Å². The van der Waals surface area contributed by atoms with Crippen molar-refractivity contribution in [3.8, 4) is 23.0 Å². The summed E-state index contributed by atoms with van der Waals surface area (Å²) in [5, 5.41) is 10.3. The van der Waals surface area contributed by atoms with Gasteiger partial charge in [0.05, 0.1) is 28.4 Å². The van der Waals surface area contributed by atoms with Gasteiger partial charge < -0.3 is 34.9 Å². The van der Waals surface area contributed by atoms with Crippen molar-refractivity contribution < 1.29 is 18.9 Å². The van der Waals surface area contributed by atoms with Gasteiger partial charge in [-0.15, -0.1) is 0 Å². The number of hydrogen-bond acceptors (Lipinski definition) is 7. The van der Waals surface area contributed by atoms with Crippen LogP contribution in [0.4, 0.5) is 0 Å². The number of ether oxygens (including phenoxy) is 4. The zero-order valence-electron chi connectivity index (χ0n) is 17.8. The Morgan fingerprint density at radius 2 is 1.34 bits per heavy atom. The molecule has 0 fully saturated rings. The fourth-order valence-electron chi connectivity index (χ4n) is 3.02. The first-order valence-electron chi connectivity index (χ1n) is 9.76. The van der Waals surface area contributed by atoms with Crippen LogP contribution in [0, 0.1) is 0 Å². The first kappa shape index (κ1) is 22.8. The maximum atomic E-state index is 5.51. The van der Waals surface area contributed by atoms with Gasteiger partial charge in [0.1, 0.15) is 5.75 Å². The second-order valence-electron chi connectivity index (χ2n) is 6.45. The van der Waals surface area contributed by atoms with Crippen LogP contribution in [0.1, 0.15) is 11.1 Å². The van der Waals surface area contributed by atoms with Crippen LogP contribution in [0.15, 0.2) is 36.4 Å². The molecule has 0 saturated carbocycles. The van der Waals surface area contributed by atoms with Crippen LogP contribution < -0.4 is 34.9 Å². The highest BCUT2D eigenvalue weighted by Crippen LogP contribution is 2.39. The summed E-state index contributed by atoms with van der Waals surface area (Å²) < 4.78 is 21.5. The summed E-state index contributed by atoms with van der Waals surface area (Å²) in [6, 6.07) is 12.0. The first-order valence-corrected chi connectivity index (χ1v) is 9.76. The lowest BCUT2D eigenvalue weighted by molar-refractivity contribution is 0.321. The minimum atomic E-state index is 0.620. The van der Waals surface area contributed by atoms with Gasteiger partial charge in [-0.1, -0.05) is 18.2 Å². The molecule has 0 heterocycles. The largest absolute Gasteiger partial charge is 0.497 e. The molecule has 0 radical (unpaired) electrons. The van der Waals surface area contributed by atoms with E-state index in [1.54, 1.807) is 28.4 Å². The summed E-state index contributed by atoms with van der Waals surface area (Å²) in [7, 11) is 6.56. The van der Waals surface area contributed by atoms with Crippen molar-refractivity contribution in [3.05, 3.63) is 47.5 Å². The molecule has 160 valence electrons. The second kappa shape index (κ2) is 12.9. The molecule has 0 atom stereocenters. The van der Waals surface area contributed by atoms with E-state index in [4.69, 9.17) is 18.9 Å². The van der Waals surface area contributed by atoms with Gasteiger partial charge in [-0.25, -0.2) is 0 Å². The molecule has 0 aromatic heterocycles. The van der Waals surface area contributed by atoms with Crippen LogP contribution in [0.5, 0.6) is 23.0 Å². The average Bonchev–Trinajstić information content (AvgIpc) is 2.77. The molecule has 2 aromatic carbocycles. The van der Waals surface area contributed by atoms with Crippen molar-refractivity contribution in [1.29, 1.82) is 0 Å². The Bertz CT molecular complexity index is 740. The van der Waals surface area contributed by atoms with E-state index >= 15 is 0 Å². The quantitative estimate of drug-likeness (QED) is 0.418. The minimum Gasteiger partial charge on any atom is -0.497 e. The Morgan fingerprint density at radius 1 is 0.655 bits per heavy atom. The van der Waals surface area contributed by atoms with E-state index in [9.17, 15) is 0 Å². The fourth-order valence-corrected chi connectivity index (χ4v) is 3.02. The normalized spacial score (nSPS) is 10.6. The standard InChI is InChI=1S/C22H33N3O4/c1-26-19-7-5-6-17(14-19)15-24-12-10-23-11-13-25-16-18-8-9-20(27-2)22(29-4)21(18)28-3/h5-9,14,23-25H,10-13,15-16H2,1-4H3. The Kier molecular flexibility index (Phi) is 10.1. The molecule has 7 heteroatoms. The third-order valence-electron chi connectivity index (χ3n) is 4.52. The van der Waals surface area contributed by atoms with Gasteiger partial charge in [-0.05, 0) is 23.8 Å². The molecule has 2 aromatic rings. The summed E-state index contributed by atoms with van der Waals surface area (Å²) in [4.78, 5) is 0. The van der Waals surface area contributed by atoms with Gasteiger partial charge in [-0.2, -0.15) is 0 Å². The summed E-state index contributed by atoms with van der Waals surface area (Å²) >= 11 is 0. The van der Waals surface area contributed by atoms with E-state index in [0.717, 1.165) is 44.0 Å². The van der Waals surface area contributed by atoms with Crippen molar-refractivity contribution >= 4 is 0 Å². The second-order valence-corrected chi connectivity index (χ2v) is 6.45.